The Labute approximate surface area is 154 Å². The van der Waals surface area contributed by atoms with Crippen LogP contribution in [0.5, 0.6) is 0 Å². The van der Waals surface area contributed by atoms with Gasteiger partial charge in [-0.25, -0.2) is 0 Å². The average Bonchev–Trinajstić information content (AvgIpc) is 3.30. The van der Waals surface area contributed by atoms with Crippen molar-refractivity contribution in [2.75, 3.05) is 22.9 Å². The van der Waals surface area contributed by atoms with Gasteiger partial charge in [0.2, 0.25) is 11.0 Å². The number of hydrogen-bond acceptors (Lipinski definition) is 7. The Balaban J connectivity index is 1.49. The highest BCUT2D eigenvalue weighted by atomic mass is 32.2. The topological polar surface area (TPSA) is 96.0 Å². The summed E-state index contributed by atoms with van der Waals surface area (Å²) < 4.78 is 0.759. The van der Waals surface area contributed by atoms with E-state index in [4.69, 9.17) is 0 Å². The fraction of sp³-hybridized carbons (Fsp3) is 0.375. The molecular formula is C16H19N5O2S2. The Morgan fingerprint density at radius 3 is 2.92 bits per heavy atom. The van der Waals surface area contributed by atoms with E-state index in [1.165, 1.54) is 35.9 Å². The van der Waals surface area contributed by atoms with E-state index in [-0.39, 0.29) is 17.6 Å². The molecule has 132 valence electrons. The molecule has 3 rings (SSSR count). The standard InChI is InChI=1S/C16H19N5O2S2/c1-2-17-14(23)10-4-3-5-12(8-10)18-13(22)9-24-16-21-20-15(25-16)19-11-6-7-11/h3-5,8,11H,2,6-7,9H2,1H3,(H,17,23)(H,18,22)(H,19,20). The van der Waals surface area contributed by atoms with Crippen LogP contribution in [-0.2, 0) is 4.79 Å². The lowest BCUT2D eigenvalue weighted by Crippen LogP contribution is -2.23. The van der Waals surface area contributed by atoms with Crippen LogP contribution in [0.25, 0.3) is 0 Å². The van der Waals surface area contributed by atoms with E-state index in [9.17, 15) is 9.59 Å². The molecule has 1 aromatic carbocycles. The Hall–Kier alpha value is -2.13. The van der Waals surface area contributed by atoms with Crippen LogP contribution in [0, 0.1) is 0 Å². The lowest BCUT2D eigenvalue weighted by Gasteiger charge is -2.07. The normalized spacial score (nSPS) is 13.3. The summed E-state index contributed by atoms with van der Waals surface area (Å²) in [6.07, 6.45) is 2.36. The van der Waals surface area contributed by atoms with Crippen molar-refractivity contribution in [1.82, 2.24) is 15.5 Å². The first kappa shape index (κ1) is 17.7. The van der Waals surface area contributed by atoms with E-state index in [2.05, 4.69) is 26.1 Å². The van der Waals surface area contributed by atoms with Crippen molar-refractivity contribution in [3.63, 3.8) is 0 Å². The zero-order valence-corrected chi connectivity index (χ0v) is 15.4. The summed E-state index contributed by atoms with van der Waals surface area (Å²) in [7, 11) is 0. The molecule has 1 aliphatic rings. The molecule has 0 spiro atoms. The third kappa shape index (κ3) is 5.43. The molecule has 0 unspecified atom stereocenters. The molecule has 2 aromatic rings. The van der Waals surface area contributed by atoms with Gasteiger partial charge in [-0.3, -0.25) is 9.59 Å². The summed E-state index contributed by atoms with van der Waals surface area (Å²) in [5, 5.41) is 17.8. The van der Waals surface area contributed by atoms with E-state index in [0.717, 1.165) is 9.47 Å². The lowest BCUT2D eigenvalue weighted by atomic mass is 10.2. The zero-order chi connectivity index (χ0) is 17.6. The van der Waals surface area contributed by atoms with Crippen LogP contribution in [0.1, 0.15) is 30.1 Å². The van der Waals surface area contributed by atoms with Crippen molar-refractivity contribution in [3.8, 4) is 0 Å². The third-order valence-electron chi connectivity index (χ3n) is 3.38. The first-order valence-corrected chi connectivity index (χ1v) is 9.85. The number of carbonyl (C=O) groups is 2. The Kier molecular flexibility index (Phi) is 5.87. The van der Waals surface area contributed by atoms with Crippen LogP contribution in [0.3, 0.4) is 0 Å². The largest absolute Gasteiger partial charge is 0.357 e. The highest BCUT2D eigenvalue weighted by Gasteiger charge is 2.22. The van der Waals surface area contributed by atoms with Gasteiger partial charge in [0.1, 0.15) is 0 Å². The third-order valence-corrected chi connectivity index (χ3v) is 5.37. The Morgan fingerprint density at radius 2 is 2.16 bits per heavy atom. The summed E-state index contributed by atoms with van der Waals surface area (Å²) >= 11 is 2.81. The van der Waals surface area contributed by atoms with Gasteiger partial charge in [0.05, 0.1) is 5.75 Å². The molecule has 1 fully saturated rings. The number of hydrogen-bond donors (Lipinski definition) is 3. The zero-order valence-electron chi connectivity index (χ0n) is 13.7. The minimum atomic E-state index is -0.155. The van der Waals surface area contributed by atoms with Gasteiger partial charge in [-0.1, -0.05) is 29.2 Å². The molecule has 1 aliphatic carbocycles. The second-order valence-electron chi connectivity index (χ2n) is 5.57. The average molecular weight is 377 g/mol. The van der Waals surface area contributed by atoms with Gasteiger partial charge in [0.25, 0.3) is 5.91 Å². The lowest BCUT2D eigenvalue weighted by molar-refractivity contribution is -0.113. The van der Waals surface area contributed by atoms with E-state index in [1.807, 2.05) is 6.92 Å². The number of nitrogens with one attached hydrogen (secondary N) is 3. The first-order valence-electron chi connectivity index (χ1n) is 8.05. The minimum absolute atomic E-state index is 0.148. The molecule has 2 amide bonds. The van der Waals surface area contributed by atoms with Crippen LogP contribution >= 0.6 is 23.1 Å². The molecule has 0 aliphatic heterocycles. The van der Waals surface area contributed by atoms with Crippen molar-refractivity contribution >= 4 is 45.7 Å². The SMILES string of the molecule is CCNC(=O)c1cccc(NC(=O)CSc2nnc(NC3CC3)s2)c1. The van der Waals surface area contributed by atoms with Gasteiger partial charge >= 0.3 is 0 Å². The van der Waals surface area contributed by atoms with Gasteiger partial charge in [-0.2, -0.15) is 0 Å². The number of thioether (sulfide) groups is 1. The maximum Gasteiger partial charge on any atom is 0.251 e. The number of benzene rings is 1. The fourth-order valence-corrected chi connectivity index (χ4v) is 3.68. The highest BCUT2D eigenvalue weighted by molar-refractivity contribution is 8.01. The fourth-order valence-electron chi connectivity index (χ4n) is 2.05. The Bertz CT molecular complexity index is 760. The number of anilines is 2. The van der Waals surface area contributed by atoms with Gasteiger partial charge in [-0.05, 0) is 38.0 Å². The summed E-state index contributed by atoms with van der Waals surface area (Å²) in [5.74, 6) is -0.0637. The van der Waals surface area contributed by atoms with E-state index in [0.29, 0.717) is 23.8 Å². The summed E-state index contributed by atoms with van der Waals surface area (Å²) in [4.78, 5) is 23.9. The molecule has 0 atom stereocenters. The van der Waals surface area contributed by atoms with Crippen LogP contribution in [0.4, 0.5) is 10.8 Å². The monoisotopic (exact) mass is 377 g/mol. The summed E-state index contributed by atoms with van der Waals surface area (Å²) in [6, 6.07) is 7.41. The van der Waals surface area contributed by atoms with Crippen LogP contribution in [-0.4, -0.2) is 40.4 Å². The number of rotatable bonds is 8. The number of aromatic nitrogens is 2. The molecule has 1 heterocycles. The van der Waals surface area contributed by atoms with Gasteiger partial charge in [0, 0.05) is 23.8 Å². The second-order valence-corrected chi connectivity index (χ2v) is 7.77. The van der Waals surface area contributed by atoms with Crippen molar-refractivity contribution in [2.24, 2.45) is 0 Å². The van der Waals surface area contributed by atoms with Crippen molar-refractivity contribution in [2.45, 2.75) is 30.1 Å². The number of carbonyl (C=O) groups excluding carboxylic acids is 2. The molecule has 7 nitrogen and oxygen atoms in total. The molecule has 1 saturated carbocycles. The van der Waals surface area contributed by atoms with Crippen LogP contribution in [0.15, 0.2) is 28.6 Å². The van der Waals surface area contributed by atoms with E-state index < -0.39 is 0 Å². The van der Waals surface area contributed by atoms with Crippen molar-refractivity contribution in [1.29, 1.82) is 0 Å². The van der Waals surface area contributed by atoms with Crippen LogP contribution < -0.4 is 16.0 Å². The molecule has 0 radical (unpaired) electrons. The van der Waals surface area contributed by atoms with Gasteiger partial charge in [-0.15, -0.1) is 10.2 Å². The summed E-state index contributed by atoms with van der Waals surface area (Å²) in [6.45, 7) is 2.42. The van der Waals surface area contributed by atoms with Crippen molar-refractivity contribution < 1.29 is 9.59 Å². The minimum Gasteiger partial charge on any atom is -0.357 e. The van der Waals surface area contributed by atoms with Gasteiger partial charge < -0.3 is 16.0 Å². The summed E-state index contributed by atoms with van der Waals surface area (Å²) in [5.41, 5.74) is 1.12. The Morgan fingerprint density at radius 1 is 1.32 bits per heavy atom. The molecule has 0 bridgehead atoms. The maximum absolute atomic E-state index is 12.1. The quantitative estimate of drug-likeness (QED) is 0.612. The predicted octanol–water partition coefficient (Wildman–Crippen LogP) is 2.59. The molecular weight excluding hydrogens is 358 g/mol. The number of amides is 2. The molecule has 25 heavy (non-hydrogen) atoms. The van der Waals surface area contributed by atoms with Gasteiger partial charge in [0.15, 0.2) is 4.34 Å². The van der Waals surface area contributed by atoms with E-state index in [1.54, 1.807) is 24.3 Å². The highest BCUT2D eigenvalue weighted by Crippen LogP contribution is 2.30. The predicted molar refractivity (Wildman–Crippen MR) is 100 cm³/mol. The maximum atomic E-state index is 12.1. The van der Waals surface area contributed by atoms with E-state index >= 15 is 0 Å². The van der Waals surface area contributed by atoms with Crippen LogP contribution in [0.2, 0.25) is 0 Å². The molecule has 1 aromatic heterocycles. The molecule has 3 N–H and O–H groups in total. The first-order chi connectivity index (χ1) is 12.1. The van der Waals surface area contributed by atoms with Crippen molar-refractivity contribution in [3.05, 3.63) is 29.8 Å². The smallest absolute Gasteiger partial charge is 0.251 e. The molecule has 0 saturated heterocycles. The number of nitrogens with zero attached hydrogens (tertiary/aromatic N) is 2. The molecule has 9 heteroatoms. The second kappa shape index (κ2) is 8.30.